The molecule has 2 heterocycles. The van der Waals surface area contributed by atoms with Gasteiger partial charge in [0.2, 0.25) is 14.2 Å². The Balaban J connectivity index is 2.25. The summed E-state index contributed by atoms with van der Waals surface area (Å²) in [7, 11) is -2.20. The zero-order valence-corrected chi connectivity index (χ0v) is 20.9. The Labute approximate surface area is 190 Å². The number of rotatable bonds is 10. The van der Waals surface area contributed by atoms with Gasteiger partial charge in [-0.15, -0.1) is 0 Å². The van der Waals surface area contributed by atoms with Gasteiger partial charge >= 0.3 is 5.69 Å². The Bertz CT molecular complexity index is 808. The van der Waals surface area contributed by atoms with Crippen LogP contribution in [0.1, 0.15) is 54.7 Å². The summed E-state index contributed by atoms with van der Waals surface area (Å²) in [5.74, 6) is -0.243. The van der Waals surface area contributed by atoms with Crippen molar-refractivity contribution < 1.29 is 28.9 Å². The van der Waals surface area contributed by atoms with Crippen LogP contribution in [-0.4, -0.2) is 65.7 Å². The maximum absolute atomic E-state index is 12.6. The second kappa shape index (κ2) is 11.0. The van der Waals surface area contributed by atoms with Crippen molar-refractivity contribution in [3.8, 4) is 0 Å². The molecule has 1 aromatic rings. The minimum absolute atomic E-state index is 0.0628. The minimum atomic E-state index is -2.20. The highest BCUT2D eigenvalue weighted by Crippen LogP contribution is 2.42. The first-order chi connectivity index (χ1) is 14.9. The number of aliphatic hydroxyl groups is 2. The molecule has 0 saturated carbocycles. The van der Waals surface area contributed by atoms with Crippen molar-refractivity contribution in [2.45, 2.75) is 89.6 Å². The molecule has 10 nitrogen and oxygen atoms in total. The molecule has 0 aromatic carbocycles. The van der Waals surface area contributed by atoms with E-state index in [4.69, 9.17) is 13.9 Å². The van der Waals surface area contributed by atoms with Gasteiger partial charge in [0.25, 0.3) is 0 Å². The first kappa shape index (κ1) is 26.6. The molecule has 4 atom stereocenters. The van der Waals surface area contributed by atoms with Crippen LogP contribution in [0.15, 0.2) is 17.1 Å². The van der Waals surface area contributed by atoms with E-state index in [0.29, 0.717) is 16.6 Å². The molecule has 1 amide bonds. The van der Waals surface area contributed by atoms with Crippen LogP contribution < -0.4 is 11.0 Å². The van der Waals surface area contributed by atoms with Crippen molar-refractivity contribution >= 4 is 20.0 Å². The molecule has 11 heteroatoms. The zero-order chi connectivity index (χ0) is 24.2. The number of carbonyl (C=O) groups is 1. The van der Waals surface area contributed by atoms with Gasteiger partial charge in [-0.3, -0.25) is 9.36 Å². The van der Waals surface area contributed by atoms with Gasteiger partial charge in [-0.1, -0.05) is 41.5 Å². The lowest BCUT2D eigenvalue weighted by molar-refractivity contribution is -0.115. The van der Waals surface area contributed by atoms with Gasteiger partial charge in [-0.25, -0.2) is 4.79 Å². The van der Waals surface area contributed by atoms with E-state index in [-0.39, 0.29) is 18.5 Å². The number of aliphatic hydroxyl groups excluding tert-OH is 2. The van der Waals surface area contributed by atoms with E-state index in [1.807, 2.05) is 0 Å². The van der Waals surface area contributed by atoms with Crippen LogP contribution in [0, 0.1) is 0 Å². The molecule has 2 unspecified atom stereocenters. The summed E-state index contributed by atoms with van der Waals surface area (Å²) in [5, 5.41) is 22.7. The van der Waals surface area contributed by atoms with Crippen LogP contribution in [0.3, 0.4) is 0 Å². The lowest BCUT2D eigenvalue weighted by Gasteiger charge is -2.42. The second-order valence-corrected chi connectivity index (χ2v) is 14.6. The summed E-state index contributed by atoms with van der Waals surface area (Å²) < 4.78 is 19.2. The second-order valence-electron chi connectivity index (χ2n) is 9.13. The largest absolute Gasteiger partial charge is 0.394 e. The Morgan fingerprint density at radius 2 is 1.84 bits per heavy atom. The summed E-state index contributed by atoms with van der Waals surface area (Å²) in [6.45, 7) is 13.8. The fourth-order valence-electron chi connectivity index (χ4n) is 4.84. The van der Waals surface area contributed by atoms with Crippen LogP contribution in [0.4, 0.5) is 5.82 Å². The molecule has 182 valence electrons. The van der Waals surface area contributed by atoms with Crippen LogP contribution in [0.2, 0.25) is 16.6 Å². The molecule has 3 N–H and O–H groups in total. The number of aromatic nitrogens is 2. The topological polar surface area (TPSA) is 132 Å². The van der Waals surface area contributed by atoms with Crippen LogP contribution in [0.5, 0.6) is 0 Å². The molecular formula is C21H37N3O7Si. The van der Waals surface area contributed by atoms with E-state index in [0.717, 1.165) is 0 Å². The summed E-state index contributed by atoms with van der Waals surface area (Å²) >= 11 is 0. The van der Waals surface area contributed by atoms with Crippen LogP contribution >= 0.6 is 0 Å². The highest BCUT2D eigenvalue weighted by molar-refractivity contribution is 6.77. The number of nitrogens with one attached hydrogen (secondary N) is 1. The molecule has 1 aliphatic heterocycles. The first-order valence-corrected chi connectivity index (χ1v) is 13.2. The van der Waals surface area contributed by atoms with E-state index in [2.05, 4.69) is 51.8 Å². The number of amides is 1. The van der Waals surface area contributed by atoms with Gasteiger partial charge in [0.05, 0.1) is 6.61 Å². The lowest BCUT2D eigenvalue weighted by atomic mass is 10.1. The number of hydrogen-bond acceptors (Lipinski definition) is 8. The van der Waals surface area contributed by atoms with Gasteiger partial charge < -0.3 is 29.4 Å². The average Bonchev–Trinajstić information content (AvgIpc) is 2.99. The third kappa shape index (κ3) is 5.46. The molecule has 0 radical (unpaired) electrons. The van der Waals surface area contributed by atoms with Gasteiger partial charge in [-0.2, -0.15) is 4.98 Å². The van der Waals surface area contributed by atoms with Crippen molar-refractivity contribution in [1.29, 1.82) is 0 Å². The quantitative estimate of drug-likeness (QED) is 0.349. The minimum Gasteiger partial charge on any atom is -0.394 e. The van der Waals surface area contributed by atoms with Gasteiger partial charge in [0.1, 0.15) is 30.9 Å². The number of nitrogens with zero attached hydrogens (tertiary/aromatic N) is 2. The van der Waals surface area contributed by atoms with Crippen LogP contribution in [0.25, 0.3) is 0 Å². The molecule has 1 saturated heterocycles. The molecule has 1 aromatic heterocycles. The molecule has 1 aliphatic rings. The standard InChI is InChI=1S/C21H37N3O7Si/c1-12(2)32(13(3)4,14(5)6)30-11-29-19-18(27)16(10-25)31-20(19)24-9-8-17(22-15(7)26)23-21(24)28/h8-9,12-14,16,18-20,25,27H,10-11H2,1-7H3,(H,22,23,26,28)/t16-,18?,19?,20-/m1/s1. The fourth-order valence-corrected chi connectivity index (χ4v) is 10.1. The monoisotopic (exact) mass is 471 g/mol. The maximum atomic E-state index is 12.6. The number of anilines is 1. The number of carbonyl (C=O) groups excluding carboxylic acids is 1. The van der Waals surface area contributed by atoms with E-state index in [1.54, 1.807) is 0 Å². The van der Waals surface area contributed by atoms with Crippen molar-refractivity contribution in [2.75, 3.05) is 18.7 Å². The molecular weight excluding hydrogens is 434 g/mol. The van der Waals surface area contributed by atoms with Crippen molar-refractivity contribution in [1.82, 2.24) is 9.55 Å². The van der Waals surface area contributed by atoms with E-state index >= 15 is 0 Å². The number of ether oxygens (including phenoxy) is 2. The third-order valence-corrected chi connectivity index (χ3v) is 12.2. The molecule has 0 spiro atoms. The van der Waals surface area contributed by atoms with Gasteiger partial charge in [-0.05, 0) is 22.7 Å². The lowest BCUT2D eigenvalue weighted by Crippen LogP contribution is -2.49. The van der Waals surface area contributed by atoms with Gasteiger partial charge in [0.15, 0.2) is 6.23 Å². The Kier molecular flexibility index (Phi) is 9.14. The summed E-state index contributed by atoms with van der Waals surface area (Å²) in [6, 6.07) is 1.45. The van der Waals surface area contributed by atoms with E-state index in [1.165, 1.54) is 23.8 Å². The molecule has 1 fully saturated rings. The third-order valence-electron chi connectivity index (χ3n) is 6.18. The SMILES string of the molecule is CC(=O)Nc1ccn([C@@H]2O[C@H](CO)C(O)C2OCO[Si](C(C)C)(C(C)C)C(C)C)c(=O)n1. The highest BCUT2D eigenvalue weighted by atomic mass is 28.4. The Hall–Kier alpha value is -1.63. The average molecular weight is 472 g/mol. The summed E-state index contributed by atoms with van der Waals surface area (Å²) in [5.41, 5.74) is 0.372. The Morgan fingerprint density at radius 1 is 1.25 bits per heavy atom. The molecule has 32 heavy (non-hydrogen) atoms. The summed E-state index contributed by atoms with van der Waals surface area (Å²) in [4.78, 5) is 27.6. The fraction of sp³-hybridized carbons (Fsp3) is 0.762. The van der Waals surface area contributed by atoms with Gasteiger partial charge in [0, 0.05) is 13.1 Å². The predicted octanol–water partition coefficient (Wildman–Crippen LogP) is 1.99. The van der Waals surface area contributed by atoms with E-state index < -0.39 is 45.2 Å². The summed E-state index contributed by atoms with van der Waals surface area (Å²) in [6.07, 6.45) is -2.63. The molecule has 0 bridgehead atoms. The van der Waals surface area contributed by atoms with Crippen molar-refractivity contribution in [2.24, 2.45) is 0 Å². The van der Waals surface area contributed by atoms with Crippen LogP contribution in [-0.2, 0) is 18.7 Å². The zero-order valence-electron chi connectivity index (χ0n) is 19.9. The molecule has 2 rings (SSSR count). The molecule has 0 aliphatic carbocycles. The first-order valence-electron chi connectivity index (χ1n) is 11.0. The highest BCUT2D eigenvalue weighted by Gasteiger charge is 2.48. The number of hydrogen-bond donors (Lipinski definition) is 3. The van der Waals surface area contributed by atoms with E-state index in [9.17, 15) is 19.8 Å². The Morgan fingerprint density at radius 3 is 2.31 bits per heavy atom. The smallest absolute Gasteiger partial charge is 0.351 e. The normalized spacial score (nSPS) is 24.0. The van der Waals surface area contributed by atoms with Crippen molar-refractivity contribution in [3.63, 3.8) is 0 Å². The predicted molar refractivity (Wildman–Crippen MR) is 122 cm³/mol. The van der Waals surface area contributed by atoms with Crippen molar-refractivity contribution in [3.05, 3.63) is 22.7 Å². The maximum Gasteiger partial charge on any atom is 0.351 e.